The van der Waals surface area contributed by atoms with E-state index in [9.17, 15) is 9.59 Å². The van der Waals surface area contributed by atoms with Crippen molar-refractivity contribution in [1.82, 2.24) is 20.4 Å². The highest BCUT2D eigenvalue weighted by Crippen LogP contribution is 2.24. The number of rotatable bonds is 7. The molecular formula is C22H31N5O2. The molecule has 0 radical (unpaired) electrons. The molecule has 0 unspecified atom stereocenters. The third-order valence-electron chi connectivity index (χ3n) is 5.54. The van der Waals surface area contributed by atoms with Gasteiger partial charge in [0.15, 0.2) is 0 Å². The molecule has 1 heterocycles. The van der Waals surface area contributed by atoms with Crippen LogP contribution in [0.4, 0.5) is 5.69 Å². The van der Waals surface area contributed by atoms with Crippen LogP contribution in [0.3, 0.4) is 0 Å². The van der Waals surface area contributed by atoms with Gasteiger partial charge in [-0.25, -0.2) is 0 Å². The van der Waals surface area contributed by atoms with Crippen LogP contribution in [-0.4, -0.2) is 48.3 Å². The lowest BCUT2D eigenvalue weighted by Crippen LogP contribution is -2.41. The molecule has 1 aromatic carbocycles. The molecule has 2 N–H and O–H groups in total. The van der Waals surface area contributed by atoms with Crippen molar-refractivity contribution in [3.05, 3.63) is 47.8 Å². The quantitative estimate of drug-likeness (QED) is 0.753. The second-order valence-corrected chi connectivity index (χ2v) is 7.89. The van der Waals surface area contributed by atoms with Crippen LogP contribution in [0.15, 0.2) is 36.5 Å². The van der Waals surface area contributed by atoms with Crippen LogP contribution in [-0.2, 0) is 6.54 Å². The van der Waals surface area contributed by atoms with Crippen LogP contribution in [0.25, 0.3) is 0 Å². The Hall–Kier alpha value is -2.83. The predicted octanol–water partition coefficient (Wildman–Crippen LogP) is 2.69. The number of carbonyl (C=O) groups excluding carboxylic acids is 2. The molecule has 2 atom stereocenters. The molecule has 1 aliphatic rings. The zero-order chi connectivity index (χ0) is 20.8. The highest BCUT2D eigenvalue weighted by Gasteiger charge is 2.25. The number of amides is 2. The Labute approximate surface area is 172 Å². The van der Waals surface area contributed by atoms with Crippen LogP contribution in [0.1, 0.15) is 53.5 Å². The molecule has 156 valence electrons. The summed E-state index contributed by atoms with van der Waals surface area (Å²) in [5.41, 5.74) is 2.28. The van der Waals surface area contributed by atoms with Gasteiger partial charge in [0.2, 0.25) is 0 Å². The van der Waals surface area contributed by atoms with Crippen molar-refractivity contribution in [2.45, 2.75) is 45.2 Å². The molecule has 2 aromatic rings. The molecule has 0 bridgehead atoms. The van der Waals surface area contributed by atoms with Crippen molar-refractivity contribution in [3.8, 4) is 0 Å². The maximum atomic E-state index is 12.6. The van der Waals surface area contributed by atoms with E-state index in [2.05, 4.69) is 15.7 Å². The summed E-state index contributed by atoms with van der Waals surface area (Å²) < 4.78 is 1.71. The van der Waals surface area contributed by atoms with Crippen molar-refractivity contribution in [3.63, 3.8) is 0 Å². The van der Waals surface area contributed by atoms with Crippen molar-refractivity contribution in [2.75, 3.05) is 25.5 Å². The summed E-state index contributed by atoms with van der Waals surface area (Å²) in [5, 5.41) is 10.4. The van der Waals surface area contributed by atoms with Crippen molar-refractivity contribution < 1.29 is 9.59 Å². The van der Waals surface area contributed by atoms with Crippen LogP contribution >= 0.6 is 0 Å². The van der Waals surface area contributed by atoms with Gasteiger partial charge < -0.3 is 15.5 Å². The summed E-state index contributed by atoms with van der Waals surface area (Å²) in [4.78, 5) is 27.1. The van der Waals surface area contributed by atoms with Gasteiger partial charge >= 0.3 is 0 Å². The topological polar surface area (TPSA) is 79.3 Å². The van der Waals surface area contributed by atoms with Crippen molar-refractivity contribution in [2.24, 2.45) is 5.92 Å². The van der Waals surface area contributed by atoms with E-state index in [4.69, 9.17) is 0 Å². The highest BCUT2D eigenvalue weighted by molar-refractivity contribution is 5.95. The number of nitrogens with zero attached hydrogens (tertiary/aromatic N) is 3. The van der Waals surface area contributed by atoms with Gasteiger partial charge in [0.25, 0.3) is 11.8 Å². The number of nitrogens with one attached hydrogen (secondary N) is 2. The molecular weight excluding hydrogens is 366 g/mol. The molecule has 1 fully saturated rings. The molecule has 3 rings (SSSR count). The first-order valence-electron chi connectivity index (χ1n) is 10.4. The van der Waals surface area contributed by atoms with Crippen molar-refractivity contribution >= 4 is 17.5 Å². The number of benzene rings is 1. The lowest BCUT2D eigenvalue weighted by molar-refractivity contribution is 0.0893. The van der Waals surface area contributed by atoms with Gasteiger partial charge in [-0.1, -0.05) is 12.5 Å². The second kappa shape index (κ2) is 9.58. The molecule has 1 saturated carbocycles. The molecule has 7 heteroatoms. The summed E-state index contributed by atoms with van der Waals surface area (Å²) in [7, 11) is 3.92. The highest BCUT2D eigenvalue weighted by atomic mass is 16.2. The van der Waals surface area contributed by atoms with Crippen LogP contribution in [0.5, 0.6) is 0 Å². The Balaban J connectivity index is 1.51. The van der Waals surface area contributed by atoms with Gasteiger partial charge in [-0.15, -0.1) is 0 Å². The van der Waals surface area contributed by atoms with Gasteiger partial charge in [-0.3, -0.25) is 14.3 Å². The number of aryl methyl sites for hydroxylation is 1. The van der Waals surface area contributed by atoms with Gasteiger partial charge in [0.1, 0.15) is 5.69 Å². The summed E-state index contributed by atoms with van der Waals surface area (Å²) in [6.07, 6.45) is 5.63. The van der Waals surface area contributed by atoms with E-state index in [1.807, 2.05) is 50.2 Å². The normalized spacial score (nSPS) is 18.9. The standard InChI is InChI=1S/C22H31N5O2/c1-4-27-20(11-12-24-27)22(29)25-18-9-5-7-16(13-18)15-23-21(28)17-8-6-10-19(14-17)26(2)3/h6,8,10-12,14,16,18H,4-5,7,9,13,15H2,1-3H3,(H,23,28)(H,25,29)/t16-,18+/m1/s1. The molecule has 2 amide bonds. The Morgan fingerprint density at radius 1 is 1.21 bits per heavy atom. The zero-order valence-corrected chi connectivity index (χ0v) is 17.5. The van der Waals surface area contributed by atoms with E-state index in [-0.39, 0.29) is 17.9 Å². The average molecular weight is 398 g/mol. The first-order valence-corrected chi connectivity index (χ1v) is 10.4. The smallest absolute Gasteiger partial charge is 0.269 e. The fraction of sp³-hybridized carbons (Fsp3) is 0.500. The van der Waals surface area contributed by atoms with Gasteiger partial charge in [0, 0.05) is 50.7 Å². The molecule has 29 heavy (non-hydrogen) atoms. The lowest BCUT2D eigenvalue weighted by Gasteiger charge is -2.30. The number of aromatic nitrogens is 2. The van der Waals surface area contributed by atoms with E-state index in [0.29, 0.717) is 30.3 Å². The second-order valence-electron chi connectivity index (χ2n) is 7.89. The fourth-order valence-corrected chi connectivity index (χ4v) is 3.91. The fourth-order valence-electron chi connectivity index (χ4n) is 3.91. The van der Waals surface area contributed by atoms with Gasteiger partial charge in [-0.05, 0) is 56.4 Å². The van der Waals surface area contributed by atoms with E-state index in [1.54, 1.807) is 16.9 Å². The van der Waals surface area contributed by atoms with E-state index in [1.165, 1.54) is 0 Å². The van der Waals surface area contributed by atoms with Gasteiger partial charge in [-0.2, -0.15) is 5.10 Å². The SMILES string of the molecule is CCn1nccc1C(=O)N[C@H]1CCC[C@@H](CNC(=O)c2cccc(N(C)C)c2)C1. The minimum absolute atomic E-state index is 0.0493. The lowest BCUT2D eigenvalue weighted by atomic mass is 9.85. The molecule has 0 saturated heterocycles. The van der Waals surface area contributed by atoms with E-state index >= 15 is 0 Å². The third-order valence-corrected chi connectivity index (χ3v) is 5.54. The number of carbonyl (C=O) groups is 2. The van der Waals surface area contributed by atoms with Crippen molar-refractivity contribution in [1.29, 1.82) is 0 Å². The van der Waals surface area contributed by atoms with Gasteiger partial charge in [0.05, 0.1) is 0 Å². The third kappa shape index (κ3) is 5.37. The Bertz CT molecular complexity index is 845. The monoisotopic (exact) mass is 397 g/mol. The Morgan fingerprint density at radius 2 is 2.03 bits per heavy atom. The largest absolute Gasteiger partial charge is 0.378 e. The van der Waals surface area contributed by atoms with E-state index < -0.39 is 0 Å². The van der Waals surface area contributed by atoms with Crippen LogP contribution in [0, 0.1) is 5.92 Å². The number of anilines is 1. The predicted molar refractivity (Wildman–Crippen MR) is 114 cm³/mol. The van der Waals surface area contributed by atoms with Crippen LogP contribution < -0.4 is 15.5 Å². The molecule has 1 aliphatic carbocycles. The number of hydrogen-bond donors (Lipinski definition) is 2. The summed E-state index contributed by atoms with van der Waals surface area (Å²) >= 11 is 0. The molecule has 7 nitrogen and oxygen atoms in total. The first-order chi connectivity index (χ1) is 14.0. The Morgan fingerprint density at radius 3 is 2.79 bits per heavy atom. The summed E-state index contributed by atoms with van der Waals surface area (Å²) in [5.74, 6) is 0.248. The molecule has 0 spiro atoms. The minimum atomic E-state index is -0.0699. The Kier molecular flexibility index (Phi) is 6.90. The first kappa shape index (κ1) is 20.9. The maximum Gasteiger partial charge on any atom is 0.269 e. The summed E-state index contributed by atoms with van der Waals surface area (Å²) in [6.45, 7) is 3.27. The number of hydrogen-bond acceptors (Lipinski definition) is 4. The molecule has 0 aliphatic heterocycles. The van der Waals surface area contributed by atoms with E-state index in [0.717, 1.165) is 31.4 Å². The average Bonchev–Trinajstić information content (AvgIpc) is 3.21. The molecule has 1 aromatic heterocycles. The van der Waals surface area contributed by atoms with Crippen LogP contribution in [0.2, 0.25) is 0 Å². The maximum absolute atomic E-state index is 12.6. The summed E-state index contributed by atoms with van der Waals surface area (Å²) in [6, 6.07) is 9.50. The zero-order valence-electron chi connectivity index (χ0n) is 17.5. The minimum Gasteiger partial charge on any atom is -0.378 e.